The van der Waals surface area contributed by atoms with Crippen LogP contribution in [0.3, 0.4) is 0 Å². The van der Waals surface area contributed by atoms with Crippen LogP contribution in [-0.4, -0.2) is 29.6 Å². The van der Waals surface area contributed by atoms with Crippen molar-refractivity contribution < 1.29 is 14.6 Å². The van der Waals surface area contributed by atoms with Gasteiger partial charge >= 0.3 is 5.97 Å². The molecule has 0 fully saturated rings. The van der Waals surface area contributed by atoms with E-state index in [2.05, 4.69) is 18.8 Å². The summed E-state index contributed by atoms with van der Waals surface area (Å²) in [5.74, 6) is 0.399. The molecule has 0 amide bonds. The van der Waals surface area contributed by atoms with Crippen LogP contribution in [-0.2, 0) is 9.53 Å². The molecule has 14 heavy (non-hydrogen) atoms. The fourth-order valence-electron chi connectivity index (χ4n) is 1.47. The quantitative estimate of drug-likeness (QED) is 0.733. The van der Waals surface area contributed by atoms with Crippen molar-refractivity contribution in [2.45, 2.75) is 39.2 Å². The second kappa shape index (κ2) is 4.98. The Morgan fingerprint density at radius 2 is 2.43 bits per heavy atom. The highest BCUT2D eigenvalue weighted by Gasteiger charge is 2.20. The summed E-state index contributed by atoms with van der Waals surface area (Å²) in [6.07, 6.45) is 1.68. The maximum absolute atomic E-state index is 10.3. The van der Waals surface area contributed by atoms with Crippen molar-refractivity contribution in [1.82, 2.24) is 0 Å². The SMILES string of the molecule is CC(C)CC1CN=C(CCC(=O)O)O1. The summed E-state index contributed by atoms with van der Waals surface area (Å²) < 4.78 is 5.51. The van der Waals surface area contributed by atoms with Crippen molar-refractivity contribution in [3.05, 3.63) is 0 Å². The topological polar surface area (TPSA) is 58.9 Å². The van der Waals surface area contributed by atoms with Gasteiger partial charge in [0.1, 0.15) is 6.10 Å². The molecule has 0 spiro atoms. The molecule has 0 saturated carbocycles. The zero-order valence-corrected chi connectivity index (χ0v) is 8.69. The molecule has 4 nitrogen and oxygen atoms in total. The van der Waals surface area contributed by atoms with E-state index in [1.807, 2.05) is 0 Å². The normalized spacial score (nSPS) is 20.8. The van der Waals surface area contributed by atoms with Crippen LogP contribution in [0.1, 0.15) is 33.1 Å². The number of carbonyl (C=O) groups is 1. The van der Waals surface area contributed by atoms with E-state index in [4.69, 9.17) is 9.84 Å². The minimum absolute atomic E-state index is 0.104. The van der Waals surface area contributed by atoms with Crippen molar-refractivity contribution >= 4 is 11.9 Å². The molecular formula is C10H17NO3. The van der Waals surface area contributed by atoms with Crippen LogP contribution < -0.4 is 0 Å². The fraction of sp³-hybridized carbons (Fsp3) is 0.800. The first-order valence-corrected chi connectivity index (χ1v) is 4.99. The van der Waals surface area contributed by atoms with Gasteiger partial charge in [-0.15, -0.1) is 0 Å². The lowest BCUT2D eigenvalue weighted by Gasteiger charge is -2.12. The lowest BCUT2D eigenvalue weighted by Crippen LogP contribution is -2.16. The molecule has 1 atom stereocenters. The van der Waals surface area contributed by atoms with E-state index < -0.39 is 5.97 Å². The Morgan fingerprint density at radius 1 is 1.71 bits per heavy atom. The smallest absolute Gasteiger partial charge is 0.303 e. The van der Waals surface area contributed by atoms with Gasteiger partial charge in [-0.05, 0) is 12.3 Å². The maximum atomic E-state index is 10.3. The molecule has 0 aromatic heterocycles. The fourth-order valence-corrected chi connectivity index (χ4v) is 1.47. The van der Waals surface area contributed by atoms with Crippen molar-refractivity contribution in [3.63, 3.8) is 0 Å². The number of ether oxygens (including phenoxy) is 1. The number of hydrogen-bond acceptors (Lipinski definition) is 3. The van der Waals surface area contributed by atoms with E-state index >= 15 is 0 Å². The largest absolute Gasteiger partial charge is 0.481 e. The van der Waals surface area contributed by atoms with Gasteiger partial charge in [-0.1, -0.05) is 13.8 Å². The Hall–Kier alpha value is -1.06. The van der Waals surface area contributed by atoms with E-state index in [1.165, 1.54) is 0 Å². The number of hydrogen-bond donors (Lipinski definition) is 1. The minimum Gasteiger partial charge on any atom is -0.481 e. The van der Waals surface area contributed by atoms with Gasteiger partial charge in [-0.25, -0.2) is 0 Å². The minimum atomic E-state index is -0.802. The van der Waals surface area contributed by atoms with Crippen molar-refractivity contribution in [1.29, 1.82) is 0 Å². The predicted octanol–water partition coefficient (Wildman–Crippen LogP) is 1.69. The predicted molar refractivity (Wildman–Crippen MR) is 53.5 cm³/mol. The molecule has 1 aliphatic rings. The molecule has 0 saturated heterocycles. The molecule has 4 heteroatoms. The first-order valence-electron chi connectivity index (χ1n) is 4.99. The van der Waals surface area contributed by atoms with Crippen molar-refractivity contribution in [2.75, 3.05) is 6.54 Å². The van der Waals surface area contributed by atoms with Crippen LogP contribution in [0.15, 0.2) is 4.99 Å². The monoisotopic (exact) mass is 199 g/mol. The average molecular weight is 199 g/mol. The van der Waals surface area contributed by atoms with Gasteiger partial charge in [0.05, 0.1) is 13.0 Å². The van der Waals surface area contributed by atoms with Gasteiger partial charge in [0, 0.05) is 6.42 Å². The third-order valence-electron chi connectivity index (χ3n) is 2.06. The van der Waals surface area contributed by atoms with Crippen LogP contribution in [0.4, 0.5) is 0 Å². The molecular weight excluding hydrogens is 182 g/mol. The standard InChI is InChI=1S/C10H17NO3/c1-7(2)5-8-6-11-9(14-8)3-4-10(12)13/h7-8H,3-6H2,1-2H3,(H,12,13). The first kappa shape index (κ1) is 11.0. The Morgan fingerprint density at radius 3 is 3.00 bits per heavy atom. The van der Waals surface area contributed by atoms with E-state index in [1.54, 1.807) is 0 Å². The van der Waals surface area contributed by atoms with Crippen LogP contribution in [0.2, 0.25) is 0 Å². The molecule has 80 valence electrons. The van der Waals surface area contributed by atoms with E-state index in [0.717, 1.165) is 6.42 Å². The molecule has 0 aromatic rings. The molecule has 0 bridgehead atoms. The molecule has 0 aromatic carbocycles. The summed E-state index contributed by atoms with van der Waals surface area (Å²) in [5, 5.41) is 8.47. The summed E-state index contributed by atoms with van der Waals surface area (Å²) >= 11 is 0. The molecule has 1 rings (SSSR count). The maximum Gasteiger partial charge on any atom is 0.303 e. The second-order valence-electron chi connectivity index (χ2n) is 4.00. The number of carboxylic acid groups (broad SMARTS) is 1. The third kappa shape index (κ3) is 3.77. The van der Waals surface area contributed by atoms with E-state index in [9.17, 15) is 4.79 Å². The van der Waals surface area contributed by atoms with Crippen molar-refractivity contribution in [3.8, 4) is 0 Å². The second-order valence-corrected chi connectivity index (χ2v) is 4.00. The highest BCUT2D eigenvalue weighted by atomic mass is 16.5. The Bertz CT molecular complexity index is 236. The number of carboxylic acids is 1. The van der Waals surface area contributed by atoms with Crippen LogP contribution in [0.5, 0.6) is 0 Å². The molecule has 1 N–H and O–H groups in total. The van der Waals surface area contributed by atoms with Crippen LogP contribution in [0.25, 0.3) is 0 Å². The lowest BCUT2D eigenvalue weighted by molar-refractivity contribution is -0.136. The molecule has 0 radical (unpaired) electrons. The van der Waals surface area contributed by atoms with Gasteiger partial charge < -0.3 is 9.84 Å². The van der Waals surface area contributed by atoms with E-state index in [-0.39, 0.29) is 12.5 Å². The van der Waals surface area contributed by atoms with Gasteiger partial charge in [-0.2, -0.15) is 0 Å². The van der Waals surface area contributed by atoms with Gasteiger partial charge in [0.2, 0.25) is 0 Å². The van der Waals surface area contributed by atoms with Gasteiger partial charge in [0.25, 0.3) is 0 Å². The Kier molecular flexibility index (Phi) is 3.92. The zero-order chi connectivity index (χ0) is 10.6. The number of aliphatic imine (C=N–C) groups is 1. The average Bonchev–Trinajstić information content (AvgIpc) is 2.47. The summed E-state index contributed by atoms with van der Waals surface area (Å²) in [5.41, 5.74) is 0. The van der Waals surface area contributed by atoms with Crippen LogP contribution in [0, 0.1) is 5.92 Å². The molecule has 1 aliphatic heterocycles. The summed E-state index contributed by atoms with van der Waals surface area (Å²) in [6, 6.07) is 0. The molecule has 1 heterocycles. The zero-order valence-electron chi connectivity index (χ0n) is 8.69. The van der Waals surface area contributed by atoms with Gasteiger partial charge in [0.15, 0.2) is 5.90 Å². The van der Waals surface area contributed by atoms with Crippen LogP contribution >= 0.6 is 0 Å². The summed E-state index contributed by atoms with van der Waals surface area (Å²) in [7, 11) is 0. The molecule has 1 unspecified atom stereocenters. The number of nitrogens with zero attached hydrogens (tertiary/aromatic N) is 1. The Labute approximate surface area is 84.0 Å². The number of rotatable bonds is 5. The molecule has 0 aliphatic carbocycles. The van der Waals surface area contributed by atoms with Gasteiger partial charge in [-0.3, -0.25) is 9.79 Å². The Balaban J connectivity index is 2.22. The summed E-state index contributed by atoms with van der Waals surface area (Å²) in [4.78, 5) is 14.5. The highest BCUT2D eigenvalue weighted by Crippen LogP contribution is 2.15. The third-order valence-corrected chi connectivity index (χ3v) is 2.06. The lowest BCUT2D eigenvalue weighted by atomic mass is 10.1. The van der Waals surface area contributed by atoms with E-state index in [0.29, 0.717) is 24.8 Å². The highest BCUT2D eigenvalue weighted by molar-refractivity contribution is 5.81. The summed E-state index contributed by atoms with van der Waals surface area (Å²) in [6.45, 7) is 4.96. The first-order chi connectivity index (χ1) is 6.58. The number of aliphatic carboxylic acids is 1. The van der Waals surface area contributed by atoms with Crippen molar-refractivity contribution in [2.24, 2.45) is 10.9 Å².